The Morgan fingerprint density at radius 3 is 2.60 bits per heavy atom. The Kier molecular flexibility index (Phi) is 4.36. The molecule has 0 atom stereocenters. The van der Waals surface area contributed by atoms with Gasteiger partial charge in [0.1, 0.15) is 0 Å². The van der Waals surface area contributed by atoms with Crippen LogP contribution in [0.1, 0.15) is 16.7 Å². The van der Waals surface area contributed by atoms with Gasteiger partial charge in [-0.15, -0.1) is 0 Å². The number of nitrogens with one attached hydrogen (secondary N) is 1. The first-order chi connectivity index (χ1) is 12.2. The second-order valence-corrected chi connectivity index (χ2v) is 7.04. The van der Waals surface area contributed by atoms with Gasteiger partial charge in [-0.2, -0.15) is 0 Å². The van der Waals surface area contributed by atoms with E-state index < -0.39 is 0 Å². The van der Waals surface area contributed by atoms with Crippen LogP contribution in [-0.2, 0) is 6.54 Å². The Morgan fingerprint density at radius 1 is 0.960 bits per heavy atom. The molecule has 0 unspecified atom stereocenters. The third-order valence-corrected chi connectivity index (χ3v) is 5.16. The molecular formula is C21H26N4. The molecule has 0 spiro atoms. The summed E-state index contributed by atoms with van der Waals surface area (Å²) >= 11 is 0. The van der Waals surface area contributed by atoms with Gasteiger partial charge in [-0.25, -0.2) is 0 Å². The SMILES string of the molecule is Cc1cccc2c1C=CN(Nc1cccc(N3CCN(C)CC3)c1)C2. The minimum atomic E-state index is 0.881. The number of hydrazine groups is 1. The molecule has 2 aliphatic rings. The summed E-state index contributed by atoms with van der Waals surface area (Å²) < 4.78 is 0. The Bertz CT molecular complexity index is 775. The predicted molar refractivity (Wildman–Crippen MR) is 106 cm³/mol. The van der Waals surface area contributed by atoms with Crippen LogP contribution in [0.3, 0.4) is 0 Å². The molecule has 0 amide bonds. The smallest absolute Gasteiger partial charge is 0.0643 e. The van der Waals surface area contributed by atoms with Crippen LogP contribution in [0.25, 0.3) is 6.08 Å². The van der Waals surface area contributed by atoms with Gasteiger partial charge in [0.05, 0.1) is 12.2 Å². The molecule has 130 valence electrons. The van der Waals surface area contributed by atoms with Crippen molar-refractivity contribution in [2.45, 2.75) is 13.5 Å². The number of likely N-dealkylation sites (N-methyl/N-ethyl adjacent to an activating group) is 1. The summed E-state index contributed by atoms with van der Waals surface area (Å²) in [5.74, 6) is 0. The van der Waals surface area contributed by atoms with Crippen molar-refractivity contribution < 1.29 is 0 Å². The lowest BCUT2D eigenvalue weighted by Gasteiger charge is -2.34. The molecule has 25 heavy (non-hydrogen) atoms. The molecule has 2 aromatic carbocycles. The van der Waals surface area contributed by atoms with Gasteiger partial charge in [0.25, 0.3) is 0 Å². The fraction of sp³-hybridized carbons (Fsp3) is 0.333. The average molecular weight is 334 g/mol. The number of rotatable bonds is 3. The Hall–Kier alpha value is -2.46. The molecule has 2 aliphatic heterocycles. The summed E-state index contributed by atoms with van der Waals surface area (Å²) in [5, 5.41) is 2.16. The van der Waals surface area contributed by atoms with Crippen molar-refractivity contribution in [2.24, 2.45) is 0 Å². The molecule has 0 bridgehead atoms. The zero-order valence-electron chi connectivity index (χ0n) is 15.1. The fourth-order valence-corrected chi connectivity index (χ4v) is 3.60. The van der Waals surface area contributed by atoms with Crippen LogP contribution in [0.15, 0.2) is 48.7 Å². The summed E-state index contributed by atoms with van der Waals surface area (Å²) in [6.45, 7) is 7.50. The molecule has 4 nitrogen and oxygen atoms in total. The lowest BCUT2D eigenvalue weighted by atomic mass is 10.00. The molecule has 4 rings (SSSR count). The summed E-state index contributed by atoms with van der Waals surface area (Å²) in [7, 11) is 2.19. The third kappa shape index (κ3) is 3.49. The van der Waals surface area contributed by atoms with Crippen LogP contribution in [0.5, 0.6) is 0 Å². The predicted octanol–water partition coefficient (Wildman–Crippen LogP) is 3.56. The Morgan fingerprint density at radius 2 is 1.76 bits per heavy atom. The molecule has 0 aliphatic carbocycles. The van der Waals surface area contributed by atoms with Crippen molar-refractivity contribution in [3.8, 4) is 0 Å². The number of benzene rings is 2. The molecule has 1 N–H and O–H groups in total. The van der Waals surface area contributed by atoms with Crippen molar-refractivity contribution >= 4 is 17.5 Å². The van der Waals surface area contributed by atoms with E-state index in [4.69, 9.17) is 0 Å². The molecule has 1 saturated heterocycles. The van der Waals surface area contributed by atoms with E-state index in [0.29, 0.717) is 0 Å². The topological polar surface area (TPSA) is 21.8 Å². The van der Waals surface area contributed by atoms with Gasteiger partial charge in [0.2, 0.25) is 0 Å². The number of fused-ring (bicyclic) bond motifs is 1. The molecule has 1 fully saturated rings. The first kappa shape index (κ1) is 16.0. The van der Waals surface area contributed by atoms with Crippen molar-refractivity contribution in [2.75, 3.05) is 43.6 Å². The molecular weight excluding hydrogens is 308 g/mol. The molecule has 2 aromatic rings. The van der Waals surface area contributed by atoms with Crippen LogP contribution in [0.4, 0.5) is 11.4 Å². The van der Waals surface area contributed by atoms with Gasteiger partial charge in [-0.3, -0.25) is 10.4 Å². The number of piperazine rings is 1. The zero-order chi connectivity index (χ0) is 17.2. The summed E-state index contributed by atoms with van der Waals surface area (Å²) in [5.41, 5.74) is 10.0. The number of hydrogen-bond acceptors (Lipinski definition) is 4. The van der Waals surface area contributed by atoms with Crippen LogP contribution in [0, 0.1) is 6.92 Å². The Balaban J connectivity index is 1.46. The fourth-order valence-electron chi connectivity index (χ4n) is 3.60. The minimum Gasteiger partial charge on any atom is -0.369 e. The molecule has 0 saturated carbocycles. The maximum atomic E-state index is 3.54. The standard InChI is InChI=1S/C21H26N4/c1-17-5-3-6-18-16-25(10-9-21(17)18)22-19-7-4-8-20(15-19)24-13-11-23(2)12-14-24/h3-10,15,22H,11-14,16H2,1-2H3. The van der Waals surface area contributed by atoms with Crippen molar-refractivity contribution in [3.05, 3.63) is 65.4 Å². The van der Waals surface area contributed by atoms with E-state index in [0.717, 1.165) is 38.4 Å². The normalized spacial score (nSPS) is 17.5. The second-order valence-electron chi connectivity index (χ2n) is 7.04. The van der Waals surface area contributed by atoms with Crippen LogP contribution >= 0.6 is 0 Å². The summed E-state index contributed by atoms with van der Waals surface area (Å²) in [4.78, 5) is 4.85. The number of nitrogens with zero attached hydrogens (tertiary/aromatic N) is 3. The Labute approximate surface area is 150 Å². The van der Waals surface area contributed by atoms with Gasteiger partial charge in [0, 0.05) is 38.1 Å². The van der Waals surface area contributed by atoms with Gasteiger partial charge in [-0.1, -0.05) is 24.3 Å². The number of aryl methyl sites for hydroxylation is 1. The molecule has 0 radical (unpaired) electrons. The second kappa shape index (κ2) is 6.81. The van der Waals surface area contributed by atoms with Crippen molar-refractivity contribution in [1.82, 2.24) is 9.91 Å². The number of hydrogen-bond donors (Lipinski definition) is 1. The van der Waals surface area contributed by atoms with Crippen LogP contribution in [0.2, 0.25) is 0 Å². The highest BCUT2D eigenvalue weighted by molar-refractivity contribution is 5.61. The van der Waals surface area contributed by atoms with E-state index in [1.54, 1.807) is 0 Å². The van der Waals surface area contributed by atoms with E-state index in [-0.39, 0.29) is 0 Å². The summed E-state index contributed by atoms with van der Waals surface area (Å²) in [6, 6.07) is 15.3. The monoisotopic (exact) mass is 334 g/mol. The largest absolute Gasteiger partial charge is 0.369 e. The van der Waals surface area contributed by atoms with Gasteiger partial charge in [0.15, 0.2) is 0 Å². The van der Waals surface area contributed by atoms with Gasteiger partial charge < -0.3 is 9.80 Å². The third-order valence-electron chi connectivity index (χ3n) is 5.16. The van der Waals surface area contributed by atoms with Crippen molar-refractivity contribution in [1.29, 1.82) is 0 Å². The van der Waals surface area contributed by atoms with Crippen molar-refractivity contribution in [3.63, 3.8) is 0 Å². The lowest BCUT2D eigenvalue weighted by Crippen LogP contribution is -2.44. The number of anilines is 2. The average Bonchev–Trinajstić information content (AvgIpc) is 2.63. The highest BCUT2D eigenvalue weighted by Gasteiger charge is 2.15. The van der Waals surface area contributed by atoms with Gasteiger partial charge in [-0.05, 0) is 54.9 Å². The first-order valence-electron chi connectivity index (χ1n) is 9.02. The quantitative estimate of drug-likeness (QED) is 0.926. The van der Waals surface area contributed by atoms with Crippen LogP contribution in [-0.4, -0.2) is 43.1 Å². The van der Waals surface area contributed by atoms with E-state index in [1.165, 1.54) is 22.4 Å². The lowest BCUT2D eigenvalue weighted by molar-refractivity contribution is 0.313. The molecule has 4 heteroatoms. The minimum absolute atomic E-state index is 0.881. The van der Waals surface area contributed by atoms with E-state index in [2.05, 4.69) is 88.9 Å². The maximum absolute atomic E-state index is 3.54. The first-order valence-corrected chi connectivity index (χ1v) is 9.02. The highest BCUT2D eigenvalue weighted by Crippen LogP contribution is 2.25. The zero-order valence-corrected chi connectivity index (χ0v) is 15.1. The summed E-state index contributed by atoms with van der Waals surface area (Å²) in [6.07, 6.45) is 4.34. The van der Waals surface area contributed by atoms with E-state index in [1.807, 2.05) is 0 Å². The maximum Gasteiger partial charge on any atom is 0.0643 e. The van der Waals surface area contributed by atoms with E-state index >= 15 is 0 Å². The molecule has 2 heterocycles. The van der Waals surface area contributed by atoms with Crippen LogP contribution < -0.4 is 10.3 Å². The highest BCUT2D eigenvalue weighted by atomic mass is 15.5. The van der Waals surface area contributed by atoms with Gasteiger partial charge >= 0.3 is 0 Å². The van der Waals surface area contributed by atoms with E-state index in [9.17, 15) is 0 Å². The molecule has 0 aromatic heterocycles.